The first-order valence-electron chi connectivity index (χ1n) is 9.19. The largest absolute Gasteiger partial charge is 0.317 e. The minimum absolute atomic E-state index is 0.127. The van der Waals surface area contributed by atoms with Crippen molar-refractivity contribution in [2.24, 2.45) is 5.92 Å². The lowest BCUT2D eigenvalue weighted by molar-refractivity contribution is 0.331. The number of rotatable bonds is 3. The van der Waals surface area contributed by atoms with Crippen LogP contribution in [0.5, 0.6) is 0 Å². The highest BCUT2D eigenvalue weighted by Crippen LogP contribution is 2.51. The summed E-state index contributed by atoms with van der Waals surface area (Å²) in [5, 5.41) is 0. The van der Waals surface area contributed by atoms with E-state index in [2.05, 4.69) is 75.2 Å². The molecule has 3 heteroatoms. The number of hydrogen-bond acceptors (Lipinski definition) is 1. The molecule has 25 heavy (non-hydrogen) atoms. The standard InChI is InChI=1S/C22H21BrN2/c23-18-11-9-17(10-12-18)22(15-16-5-1-2-6-16)20-8-4-3-7-19(20)21-24-13-14-25(21)22/h3-4,7-14,16H,1-2,5-6,15H2/t22-/m0/s1. The molecule has 0 unspecified atom stereocenters. The van der Waals surface area contributed by atoms with Crippen LogP contribution in [0.4, 0.5) is 0 Å². The molecule has 3 aromatic rings. The first-order chi connectivity index (χ1) is 12.3. The molecule has 1 aliphatic carbocycles. The van der Waals surface area contributed by atoms with Crippen LogP contribution in [-0.4, -0.2) is 9.55 Å². The molecule has 0 amide bonds. The minimum atomic E-state index is -0.127. The van der Waals surface area contributed by atoms with Gasteiger partial charge in [0, 0.05) is 22.4 Å². The van der Waals surface area contributed by atoms with Crippen LogP contribution in [0.15, 0.2) is 65.4 Å². The van der Waals surface area contributed by atoms with Gasteiger partial charge in [-0.1, -0.05) is 78.0 Å². The van der Waals surface area contributed by atoms with Gasteiger partial charge in [0.25, 0.3) is 0 Å². The van der Waals surface area contributed by atoms with Crippen LogP contribution in [0, 0.1) is 5.92 Å². The highest BCUT2D eigenvalue weighted by molar-refractivity contribution is 9.10. The van der Waals surface area contributed by atoms with E-state index in [-0.39, 0.29) is 5.54 Å². The van der Waals surface area contributed by atoms with Crippen molar-refractivity contribution in [1.29, 1.82) is 0 Å². The van der Waals surface area contributed by atoms with Gasteiger partial charge in [-0.3, -0.25) is 0 Å². The summed E-state index contributed by atoms with van der Waals surface area (Å²) in [5.74, 6) is 1.89. The molecule has 1 aromatic heterocycles. The van der Waals surface area contributed by atoms with Crippen molar-refractivity contribution < 1.29 is 0 Å². The quantitative estimate of drug-likeness (QED) is 0.534. The highest BCUT2D eigenvalue weighted by Gasteiger charge is 2.46. The van der Waals surface area contributed by atoms with Crippen LogP contribution >= 0.6 is 15.9 Å². The maximum atomic E-state index is 4.70. The zero-order valence-corrected chi connectivity index (χ0v) is 15.7. The van der Waals surface area contributed by atoms with Crippen LogP contribution in [0.2, 0.25) is 0 Å². The molecule has 1 saturated carbocycles. The molecule has 0 spiro atoms. The van der Waals surface area contributed by atoms with Crippen LogP contribution < -0.4 is 0 Å². The Morgan fingerprint density at radius 1 is 1.04 bits per heavy atom. The van der Waals surface area contributed by atoms with Crippen LogP contribution in [0.3, 0.4) is 0 Å². The van der Waals surface area contributed by atoms with E-state index in [4.69, 9.17) is 4.98 Å². The Bertz CT molecular complexity index is 906. The van der Waals surface area contributed by atoms with E-state index in [1.54, 1.807) is 0 Å². The topological polar surface area (TPSA) is 17.8 Å². The Kier molecular flexibility index (Phi) is 3.60. The van der Waals surface area contributed by atoms with Crippen molar-refractivity contribution in [3.8, 4) is 11.4 Å². The summed E-state index contributed by atoms with van der Waals surface area (Å²) in [7, 11) is 0. The highest BCUT2D eigenvalue weighted by atomic mass is 79.9. The zero-order chi connectivity index (χ0) is 16.9. The summed E-state index contributed by atoms with van der Waals surface area (Å²) < 4.78 is 3.56. The summed E-state index contributed by atoms with van der Waals surface area (Å²) in [4.78, 5) is 4.70. The van der Waals surface area contributed by atoms with Gasteiger partial charge in [0.15, 0.2) is 0 Å². The second kappa shape index (κ2) is 5.84. The van der Waals surface area contributed by atoms with E-state index in [1.807, 2.05) is 6.20 Å². The van der Waals surface area contributed by atoms with Crippen LogP contribution in [0.25, 0.3) is 11.4 Å². The Morgan fingerprint density at radius 3 is 2.60 bits per heavy atom. The summed E-state index contributed by atoms with van der Waals surface area (Å²) in [6.07, 6.45) is 10.7. The molecular weight excluding hydrogens is 372 g/mol. The van der Waals surface area contributed by atoms with Gasteiger partial charge >= 0.3 is 0 Å². The van der Waals surface area contributed by atoms with E-state index < -0.39 is 0 Å². The van der Waals surface area contributed by atoms with Gasteiger partial charge in [0.1, 0.15) is 5.82 Å². The average Bonchev–Trinajstić information content (AvgIpc) is 3.36. The lowest BCUT2D eigenvalue weighted by atomic mass is 9.76. The van der Waals surface area contributed by atoms with E-state index in [9.17, 15) is 0 Å². The molecule has 126 valence electrons. The summed E-state index contributed by atoms with van der Waals surface area (Å²) in [6.45, 7) is 0. The molecular formula is C22H21BrN2. The Hall–Kier alpha value is -1.87. The number of benzene rings is 2. The van der Waals surface area contributed by atoms with Gasteiger partial charge in [-0.05, 0) is 35.6 Å². The summed E-state index contributed by atoms with van der Waals surface area (Å²) in [5.41, 5.74) is 3.94. The van der Waals surface area contributed by atoms with Crippen LogP contribution in [-0.2, 0) is 5.54 Å². The number of nitrogens with zero attached hydrogens (tertiary/aromatic N) is 2. The van der Waals surface area contributed by atoms with E-state index in [1.165, 1.54) is 42.4 Å². The number of aromatic nitrogens is 2. The zero-order valence-electron chi connectivity index (χ0n) is 14.2. The number of imidazole rings is 1. The maximum absolute atomic E-state index is 4.70. The second-order valence-electron chi connectivity index (χ2n) is 7.39. The molecule has 0 bridgehead atoms. The van der Waals surface area contributed by atoms with E-state index in [0.29, 0.717) is 0 Å². The average molecular weight is 393 g/mol. The first-order valence-corrected chi connectivity index (χ1v) is 9.98. The number of halogens is 1. The van der Waals surface area contributed by atoms with Crippen molar-refractivity contribution in [3.63, 3.8) is 0 Å². The van der Waals surface area contributed by atoms with Crippen LogP contribution in [0.1, 0.15) is 43.2 Å². The van der Waals surface area contributed by atoms with Gasteiger partial charge in [-0.25, -0.2) is 4.98 Å². The molecule has 0 radical (unpaired) electrons. The minimum Gasteiger partial charge on any atom is -0.317 e. The molecule has 2 aliphatic rings. The lowest BCUT2D eigenvalue weighted by Gasteiger charge is -2.36. The molecule has 5 rings (SSSR count). The smallest absolute Gasteiger partial charge is 0.141 e. The number of hydrogen-bond donors (Lipinski definition) is 0. The van der Waals surface area contributed by atoms with Gasteiger partial charge in [-0.2, -0.15) is 0 Å². The molecule has 2 heterocycles. The Morgan fingerprint density at radius 2 is 1.80 bits per heavy atom. The third-order valence-corrected chi connectivity index (χ3v) is 6.57. The summed E-state index contributed by atoms with van der Waals surface area (Å²) >= 11 is 3.60. The molecule has 1 aliphatic heterocycles. The first kappa shape index (κ1) is 15.4. The fourth-order valence-electron chi connectivity index (χ4n) is 4.96. The SMILES string of the molecule is Brc1ccc([C@@]2(CC3CCCC3)c3ccccc3-c3nccn32)cc1. The van der Waals surface area contributed by atoms with Gasteiger partial charge in [0.2, 0.25) is 0 Å². The van der Waals surface area contributed by atoms with Gasteiger partial charge < -0.3 is 4.57 Å². The third-order valence-electron chi connectivity index (χ3n) is 6.05. The molecule has 2 nitrogen and oxygen atoms in total. The molecule has 0 N–H and O–H groups in total. The van der Waals surface area contributed by atoms with E-state index in [0.717, 1.165) is 22.6 Å². The van der Waals surface area contributed by atoms with Crippen molar-refractivity contribution in [3.05, 3.63) is 76.5 Å². The monoisotopic (exact) mass is 392 g/mol. The predicted molar refractivity (Wildman–Crippen MR) is 105 cm³/mol. The fraction of sp³-hybridized carbons (Fsp3) is 0.318. The fourth-order valence-corrected chi connectivity index (χ4v) is 5.22. The number of fused-ring (bicyclic) bond motifs is 3. The maximum Gasteiger partial charge on any atom is 0.141 e. The third kappa shape index (κ3) is 2.25. The predicted octanol–water partition coefficient (Wildman–Crippen LogP) is 6.00. The second-order valence-corrected chi connectivity index (χ2v) is 8.30. The molecule has 2 aromatic carbocycles. The molecule has 0 saturated heterocycles. The Balaban J connectivity index is 1.77. The molecule has 1 fully saturated rings. The van der Waals surface area contributed by atoms with E-state index >= 15 is 0 Å². The van der Waals surface area contributed by atoms with Gasteiger partial charge in [0.05, 0.1) is 5.54 Å². The van der Waals surface area contributed by atoms with Crippen molar-refractivity contribution in [2.75, 3.05) is 0 Å². The van der Waals surface area contributed by atoms with Gasteiger partial charge in [-0.15, -0.1) is 0 Å². The van der Waals surface area contributed by atoms with Crippen molar-refractivity contribution >= 4 is 15.9 Å². The van der Waals surface area contributed by atoms with Crippen molar-refractivity contribution in [1.82, 2.24) is 9.55 Å². The lowest BCUT2D eigenvalue weighted by Crippen LogP contribution is -2.35. The summed E-state index contributed by atoms with van der Waals surface area (Å²) in [6, 6.07) is 17.7. The molecule has 1 atom stereocenters. The normalized spacial score (nSPS) is 22.1. The Labute approximate surface area is 157 Å². The van der Waals surface area contributed by atoms with Crippen molar-refractivity contribution in [2.45, 2.75) is 37.6 Å².